The highest BCUT2D eigenvalue weighted by Crippen LogP contribution is 2.24. The van der Waals surface area contributed by atoms with E-state index in [0.29, 0.717) is 11.1 Å². The monoisotopic (exact) mass is 302 g/mol. The van der Waals surface area contributed by atoms with Crippen molar-refractivity contribution in [3.05, 3.63) is 69.6 Å². The van der Waals surface area contributed by atoms with E-state index in [4.69, 9.17) is 15.4 Å². The maximum absolute atomic E-state index is 11.2. The van der Waals surface area contributed by atoms with Gasteiger partial charge in [-0.15, -0.1) is 0 Å². The second-order valence-electron chi connectivity index (χ2n) is 4.56. The zero-order chi connectivity index (χ0) is 16.3. The van der Waals surface area contributed by atoms with Crippen LogP contribution in [-0.4, -0.2) is 32.3 Å². The number of carboxylic acid groups (broad SMARTS) is 2. The molecule has 3 N–H and O–H groups in total. The van der Waals surface area contributed by atoms with E-state index in [-0.39, 0.29) is 23.2 Å². The van der Waals surface area contributed by atoms with Crippen LogP contribution in [0.1, 0.15) is 31.8 Å². The lowest BCUT2D eigenvalue weighted by atomic mass is 9.97. The lowest BCUT2D eigenvalue weighted by molar-refractivity contribution is -0.730. The average molecular weight is 302 g/mol. The summed E-state index contributed by atoms with van der Waals surface area (Å²) in [6.45, 7) is 0. The molecule has 0 bridgehead atoms. The number of rotatable bonds is 5. The number of carbonyl (C=O) groups is 2. The first-order valence-electron chi connectivity index (χ1n) is 6.23. The summed E-state index contributed by atoms with van der Waals surface area (Å²) >= 11 is 0. The molecule has 0 heterocycles. The van der Waals surface area contributed by atoms with E-state index in [1.165, 1.54) is 18.2 Å². The van der Waals surface area contributed by atoms with Gasteiger partial charge in [0, 0.05) is 18.1 Å². The number of aromatic carboxylic acids is 2. The van der Waals surface area contributed by atoms with Crippen molar-refractivity contribution >= 4 is 17.6 Å². The number of nitrogens with zero attached hydrogens (tertiary/aromatic N) is 1. The number of carboxylic acids is 2. The summed E-state index contributed by atoms with van der Waals surface area (Å²) in [5.41, 5.74) is 0.448. The van der Waals surface area contributed by atoms with E-state index in [9.17, 15) is 14.5 Å². The van der Waals surface area contributed by atoms with Crippen molar-refractivity contribution in [1.82, 2.24) is 0 Å². The highest BCUT2D eigenvalue weighted by atomic mass is 16.6. The van der Waals surface area contributed by atoms with Gasteiger partial charge in [0.1, 0.15) is 0 Å². The van der Waals surface area contributed by atoms with Crippen molar-refractivity contribution < 1.29 is 29.9 Å². The highest BCUT2D eigenvalue weighted by Gasteiger charge is 2.22. The van der Waals surface area contributed by atoms with Crippen molar-refractivity contribution in [2.24, 2.45) is 0 Å². The normalized spacial score (nSPS) is 10.2. The van der Waals surface area contributed by atoms with Crippen molar-refractivity contribution in [3.8, 4) is 0 Å². The molecular weight excluding hydrogens is 290 g/mol. The summed E-state index contributed by atoms with van der Waals surface area (Å²) in [6.07, 6.45) is 0.0665. The molecular formula is C15H12NO6+. The molecule has 0 spiro atoms. The van der Waals surface area contributed by atoms with Gasteiger partial charge in [0.05, 0.1) is 16.0 Å². The number of hydrogen-bond acceptors (Lipinski definition) is 3. The van der Waals surface area contributed by atoms with Crippen LogP contribution in [0.2, 0.25) is 0 Å². The highest BCUT2D eigenvalue weighted by molar-refractivity contribution is 5.90. The fraction of sp³-hybridized carbons (Fsp3) is 0.0667. The standard InChI is InChI=1S/C15H11NO6/c17-14(18)11-6-5-10(13(8-11)16(21)22)7-9-3-1-2-4-12(9)15(19)20/h1-6,8H,7H2,(H2-,17,18,19,20,21,22)/p+1. The zero-order valence-corrected chi connectivity index (χ0v) is 11.3. The van der Waals surface area contributed by atoms with Crippen LogP contribution in [0.5, 0.6) is 0 Å². The molecule has 0 saturated heterocycles. The summed E-state index contributed by atoms with van der Waals surface area (Å²) in [5.74, 6) is -2.34. The molecule has 2 aromatic rings. The Morgan fingerprint density at radius 2 is 1.64 bits per heavy atom. The van der Waals surface area contributed by atoms with Crippen LogP contribution in [0.15, 0.2) is 42.5 Å². The molecule has 112 valence electrons. The maximum Gasteiger partial charge on any atom is 0.335 e. The van der Waals surface area contributed by atoms with Crippen molar-refractivity contribution in [3.63, 3.8) is 0 Å². The van der Waals surface area contributed by atoms with Crippen molar-refractivity contribution in [1.29, 1.82) is 0 Å². The molecule has 0 aliphatic heterocycles. The maximum atomic E-state index is 11.2. The van der Waals surface area contributed by atoms with Gasteiger partial charge in [0.25, 0.3) is 4.92 Å². The molecule has 7 nitrogen and oxygen atoms in total. The predicted molar refractivity (Wildman–Crippen MR) is 74.7 cm³/mol. The molecule has 0 aliphatic carbocycles. The molecule has 2 aromatic carbocycles. The van der Waals surface area contributed by atoms with Crippen molar-refractivity contribution in [2.75, 3.05) is 0 Å². The summed E-state index contributed by atoms with van der Waals surface area (Å²) in [6, 6.07) is 9.94. The Morgan fingerprint density at radius 1 is 0.955 bits per heavy atom. The van der Waals surface area contributed by atoms with E-state index in [0.717, 1.165) is 6.07 Å². The number of benzene rings is 2. The lowest BCUT2D eigenvalue weighted by Crippen LogP contribution is -2.06. The molecule has 2 rings (SSSR count). The third-order valence-electron chi connectivity index (χ3n) is 3.17. The fourth-order valence-electron chi connectivity index (χ4n) is 2.11. The summed E-state index contributed by atoms with van der Waals surface area (Å²) < 4.78 is 0. The number of hydrogen-bond donors (Lipinski definition) is 3. The Morgan fingerprint density at radius 3 is 2.23 bits per heavy atom. The van der Waals surface area contributed by atoms with Crippen LogP contribution >= 0.6 is 0 Å². The van der Waals surface area contributed by atoms with Crippen LogP contribution in [0.4, 0.5) is 5.69 Å². The summed E-state index contributed by atoms with van der Waals surface area (Å²) in [4.78, 5) is 32.9. The van der Waals surface area contributed by atoms with Gasteiger partial charge in [0.2, 0.25) is 0 Å². The molecule has 0 saturated carbocycles. The van der Waals surface area contributed by atoms with Gasteiger partial charge in [-0.25, -0.2) is 14.8 Å². The Hall–Kier alpha value is -3.22. The molecule has 0 unspecified atom stereocenters. The molecule has 0 radical (unpaired) electrons. The van der Waals surface area contributed by atoms with Gasteiger partial charge in [-0.2, -0.15) is 0 Å². The van der Waals surface area contributed by atoms with Crippen LogP contribution in [0, 0.1) is 4.91 Å². The van der Waals surface area contributed by atoms with Crippen LogP contribution in [-0.2, 0) is 6.42 Å². The van der Waals surface area contributed by atoms with Crippen LogP contribution < -0.4 is 0 Å². The minimum absolute atomic E-state index is 0.0665. The van der Waals surface area contributed by atoms with Gasteiger partial charge in [-0.1, -0.05) is 24.3 Å². The van der Waals surface area contributed by atoms with E-state index in [1.54, 1.807) is 18.2 Å². The lowest BCUT2D eigenvalue weighted by Gasteiger charge is -2.06. The molecule has 0 amide bonds. The smallest absolute Gasteiger partial charge is 0.335 e. The molecule has 22 heavy (non-hydrogen) atoms. The first-order valence-corrected chi connectivity index (χ1v) is 6.23. The Labute approximate surface area is 124 Å². The van der Waals surface area contributed by atoms with Crippen molar-refractivity contribution in [2.45, 2.75) is 6.42 Å². The van der Waals surface area contributed by atoms with E-state index >= 15 is 0 Å². The predicted octanol–water partition coefficient (Wildman–Crippen LogP) is 2.47. The third-order valence-corrected chi connectivity index (χ3v) is 3.17. The first kappa shape index (κ1) is 15.2. The van der Waals surface area contributed by atoms with Crippen LogP contribution in [0.3, 0.4) is 0 Å². The first-order chi connectivity index (χ1) is 10.4. The van der Waals surface area contributed by atoms with E-state index in [2.05, 4.69) is 0 Å². The van der Waals surface area contributed by atoms with E-state index < -0.39 is 16.9 Å². The minimum atomic E-state index is -1.24. The fourth-order valence-corrected chi connectivity index (χ4v) is 2.11. The Kier molecular flexibility index (Phi) is 4.17. The molecule has 7 heteroatoms. The summed E-state index contributed by atoms with van der Waals surface area (Å²) in [7, 11) is 0. The molecule has 0 aliphatic rings. The third kappa shape index (κ3) is 3.09. The Bertz CT molecular complexity index is 768. The van der Waals surface area contributed by atoms with E-state index in [1.807, 2.05) is 0 Å². The van der Waals surface area contributed by atoms with Gasteiger partial charge in [0.15, 0.2) is 0 Å². The second-order valence-corrected chi connectivity index (χ2v) is 4.56. The second kappa shape index (κ2) is 6.04. The molecule has 0 atom stereocenters. The molecule has 0 aromatic heterocycles. The summed E-state index contributed by atoms with van der Waals surface area (Å²) in [5, 5.41) is 27.2. The Balaban J connectivity index is 2.48. The van der Waals surface area contributed by atoms with Crippen LogP contribution in [0.25, 0.3) is 0 Å². The largest absolute Gasteiger partial charge is 0.478 e. The SMILES string of the molecule is O=C(O)c1ccc(Cc2ccccc2C(=O)O)c([N+](=O)O)c1. The quantitative estimate of drug-likeness (QED) is 0.731. The minimum Gasteiger partial charge on any atom is -0.478 e. The topological polar surface area (TPSA) is 115 Å². The average Bonchev–Trinajstić information content (AvgIpc) is 2.47. The molecule has 0 fully saturated rings. The van der Waals surface area contributed by atoms with Gasteiger partial charge in [-0.3, -0.25) is 0 Å². The van der Waals surface area contributed by atoms with Gasteiger partial charge >= 0.3 is 17.6 Å². The van der Waals surface area contributed by atoms with Gasteiger partial charge in [-0.05, 0) is 17.7 Å². The zero-order valence-electron chi connectivity index (χ0n) is 11.3. The van der Waals surface area contributed by atoms with Gasteiger partial charge < -0.3 is 10.2 Å².